The fraction of sp³-hybridized carbons (Fsp3) is 0.636. The maximum atomic E-state index is 13.6. The fourth-order valence-electron chi connectivity index (χ4n) is 7.21. The average Bonchev–Trinajstić information content (AvgIpc) is 3.10. The van der Waals surface area contributed by atoms with Crippen molar-refractivity contribution < 1.29 is 14.7 Å². The summed E-state index contributed by atoms with van der Waals surface area (Å²) < 4.78 is 0. The maximum absolute atomic E-state index is 13.6. The van der Waals surface area contributed by atoms with E-state index in [1.54, 1.807) is 4.90 Å². The summed E-state index contributed by atoms with van der Waals surface area (Å²) in [6.45, 7) is 0.616. The summed E-state index contributed by atoms with van der Waals surface area (Å²) in [5.41, 5.74) is 1.19. The molecule has 0 spiro atoms. The third kappa shape index (κ3) is 2.27. The van der Waals surface area contributed by atoms with Crippen molar-refractivity contribution in [3.05, 3.63) is 35.9 Å². The predicted octanol–water partition coefficient (Wildman–Crippen LogP) is 3.60. The zero-order valence-electron chi connectivity index (χ0n) is 15.2. The molecule has 6 rings (SSSR count). The quantitative estimate of drug-likeness (QED) is 0.903. The van der Waals surface area contributed by atoms with Gasteiger partial charge in [0.15, 0.2) is 0 Å². The van der Waals surface area contributed by atoms with Crippen molar-refractivity contribution in [1.29, 1.82) is 0 Å². The smallest absolute Gasteiger partial charge is 0.326 e. The summed E-state index contributed by atoms with van der Waals surface area (Å²) in [5, 5.41) is 9.55. The first-order chi connectivity index (χ1) is 12.5. The number of carbonyl (C=O) groups excluding carboxylic acids is 1. The van der Waals surface area contributed by atoms with Crippen molar-refractivity contribution in [2.75, 3.05) is 6.54 Å². The molecule has 4 aliphatic carbocycles. The minimum atomic E-state index is -0.835. The van der Waals surface area contributed by atoms with Crippen LogP contribution >= 0.6 is 0 Å². The van der Waals surface area contributed by atoms with Gasteiger partial charge in [-0.25, -0.2) is 4.79 Å². The highest BCUT2D eigenvalue weighted by Crippen LogP contribution is 2.66. The number of nitrogens with zero attached hydrogens (tertiary/aromatic N) is 1. The Morgan fingerprint density at radius 1 is 1.04 bits per heavy atom. The van der Waals surface area contributed by atoms with Crippen LogP contribution in [0.2, 0.25) is 0 Å². The number of hydrogen-bond acceptors (Lipinski definition) is 2. The Kier molecular flexibility index (Phi) is 3.51. The minimum absolute atomic E-state index is 0.124. The topological polar surface area (TPSA) is 57.6 Å². The van der Waals surface area contributed by atoms with Gasteiger partial charge in [-0.3, -0.25) is 4.79 Å². The Hall–Kier alpha value is -1.84. The summed E-state index contributed by atoms with van der Waals surface area (Å²) in [5.74, 6) is 0.549. The molecule has 1 heterocycles. The molecule has 4 heteroatoms. The van der Waals surface area contributed by atoms with Crippen molar-refractivity contribution in [1.82, 2.24) is 4.90 Å². The SMILES string of the molecule is O=C(O)C1CCCN1C(=O)C12CC3CC(C1)CC(c1ccccc1)(C3)C2. The number of carboxylic acid groups (broad SMARTS) is 1. The first-order valence-electron chi connectivity index (χ1n) is 10.1. The molecule has 4 bridgehead atoms. The zero-order valence-corrected chi connectivity index (χ0v) is 15.2. The molecule has 0 radical (unpaired) electrons. The number of amides is 1. The standard InChI is InChI=1S/C22H27NO3/c24-19(25)18-7-4-8-23(18)20(26)22-12-15-9-16(13-22)11-21(10-15,14-22)17-5-2-1-3-6-17/h1-3,5-6,15-16,18H,4,7-14H2,(H,24,25). The third-order valence-electron chi connectivity index (χ3n) is 7.70. The van der Waals surface area contributed by atoms with E-state index in [0.717, 1.165) is 25.7 Å². The normalized spacial score (nSPS) is 40.8. The van der Waals surface area contributed by atoms with Gasteiger partial charge in [-0.2, -0.15) is 0 Å². The van der Waals surface area contributed by atoms with E-state index in [2.05, 4.69) is 30.3 Å². The number of rotatable bonds is 3. The molecule has 1 aromatic rings. The highest BCUT2D eigenvalue weighted by molar-refractivity contribution is 5.88. The molecule has 5 aliphatic rings. The molecular weight excluding hydrogens is 326 g/mol. The van der Waals surface area contributed by atoms with Crippen molar-refractivity contribution in [3.8, 4) is 0 Å². The Bertz CT molecular complexity index is 729. The Morgan fingerprint density at radius 2 is 1.73 bits per heavy atom. The predicted molar refractivity (Wildman–Crippen MR) is 97.6 cm³/mol. The molecule has 1 N–H and O–H groups in total. The van der Waals surface area contributed by atoms with Gasteiger partial charge in [0.1, 0.15) is 6.04 Å². The van der Waals surface area contributed by atoms with E-state index >= 15 is 0 Å². The van der Waals surface area contributed by atoms with Gasteiger partial charge in [-0.05, 0) is 74.2 Å². The lowest BCUT2D eigenvalue weighted by atomic mass is 9.42. The van der Waals surface area contributed by atoms with Gasteiger partial charge >= 0.3 is 5.97 Å². The fourth-order valence-corrected chi connectivity index (χ4v) is 7.21. The molecule has 1 saturated heterocycles. The number of benzene rings is 1. The highest BCUT2D eigenvalue weighted by atomic mass is 16.4. The van der Waals surface area contributed by atoms with Crippen molar-refractivity contribution in [3.63, 3.8) is 0 Å². The van der Waals surface area contributed by atoms with Gasteiger partial charge < -0.3 is 10.0 Å². The van der Waals surface area contributed by atoms with E-state index in [4.69, 9.17) is 0 Å². The first-order valence-corrected chi connectivity index (χ1v) is 10.1. The van der Waals surface area contributed by atoms with Gasteiger partial charge in [-0.1, -0.05) is 30.3 Å². The summed E-state index contributed by atoms with van der Waals surface area (Å²) >= 11 is 0. The molecule has 1 aliphatic heterocycles. The van der Waals surface area contributed by atoms with Gasteiger partial charge in [0.25, 0.3) is 0 Å². The highest BCUT2D eigenvalue weighted by Gasteiger charge is 2.62. The zero-order chi connectivity index (χ0) is 17.9. The molecular formula is C22H27NO3. The molecule has 3 unspecified atom stereocenters. The van der Waals surface area contributed by atoms with Crippen LogP contribution in [0.15, 0.2) is 30.3 Å². The van der Waals surface area contributed by atoms with Crippen LogP contribution in [-0.4, -0.2) is 34.5 Å². The van der Waals surface area contributed by atoms with E-state index in [0.29, 0.717) is 24.8 Å². The van der Waals surface area contributed by atoms with Crippen LogP contribution in [0, 0.1) is 17.3 Å². The molecule has 26 heavy (non-hydrogen) atoms. The molecule has 1 aromatic carbocycles. The maximum Gasteiger partial charge on any atom is 0.326 e. The van der Waals surface area contributed by atoms with Crippen molar-refractivity contribution in [2.24, 2.45) is 17.3 Å². The first kappa shape index (κ1) is 16.3. The monoisotopic (exact) mass is 353 g/mol. The molecule has 1 amide bonds. The van der Waals surface area contributed by atoms with Crippen LogP contribution < -0.4 is 0 Å². The van der Waals surface area contributed by atoms with E-state index in [1.165, 1.54) is 24.8 Å². The van der Waals surface area contributed by atoms with Crippen molar-refractivity contribution in [2.45, 2.75) is 62.8 Å². The Labute approximate surface area is 154 Å². The van der Waals surface area contributed by atoms with Crippen molar-refractivity contribution >= 4 is 11.9 Å². The van der Waals surface area contributed by atoms with Crippen LogP contribution in [0.3, 0.4) is 0 Å². The summed E-state index contributed by atoms with van der Waals surface area (Å²) in [6.07, 6.45) is 7.93. The number of likely N-dealkylation sites (tertiary alicyclic amines) is 1. The van der Waals surface area contributed by atoms with Gasteiger partial charge in [0.2, 0.25) is 5.91 Å². The van der Waals surface area contributed by atoms with Gasteiger partial charge in [0.05, 0.1) is 5.41 Å². The second-order valence-corrected chi connectivity index (χ2v) is 9.38. The Morgan fingerprint density at radius 3 is 2.38 bits per heavy atom. The van der Waals surface area contributed by atoms with Crippen LogP contribution in [0.1, 0.15) is 56.9 Å². The molecule has 4 nitrogen and oxygen atoms in total. The average molecular weight is 353 g/mol. The van der Waals surface area contributed by atoms with Crippen LogP contribution in [0.5, 0.6) is 0 Å². The van der Waals surface area contributed by atoms with E-state index < -0.39 is 12.0 Å². The lowest BCUT2D eigenvalue weighted by Gasteiger charge is -2.62. The number of hydrogen-bond donors (Lipinski definition) is 1. The third-order valence-corrected chi connectivity index (χ3v) is 7.70. The number of aliphatic carboxylic acids is 1. The summed E-state index contributed by atoms with van der Waals surface area (Å²) in [7, 11) is 0. The lowest BCUT2D eigenvalue weighted by molar-refractivity contribution is -0.165. The van der Waals surface area contributed by atoms with Gasteiger partial charge in [-0.15, -0.1) is 0 Å². The summed E-state index contributed by atoms with van der Waals surface area (Å²) in [4.78, 5) is 27.0. The van der Waals surface area contributed by atoms with Crippen LogP contribution in [0.25, 0.3) is 0 Å². The molecule has 4 saturated carbocycles. The van der Waals surface area contributed by atoms with E-state index in [1.807, 2.05) is 0 Å². The Balaban J connectivity index is 1.51. The molecule has 138 valence electrons. The van der Waals surface area contributed by atoms with E-state index in [-0.39, 0.29) is 16.7 Å². The largest absolute Gasteiger partial charge is 0.480 e. The molecule has 0 aromatic heterocycles. The molecule has 5 fully saturated rings. The second kappa shape index (κ2) is 5.58. The molecule has 3 atom stereocenters. The second-order valence-electron chi connectivity index (χ2n) is 9.38. The summed E-state index contributed by atoms with van der Waals surface area (Å²) in [6, 6.07) is 10.2. The number of carboxylic acids is 1. The van der Waals surface area contributed by atoms with Crippen LogP contribution in [-0.2, 0) is 15.0 Å². The number of carbonyl (C=O) groups is 2. The van der Waals surface area contributed by atoms with Crippen LogP contribution in [0.4, 0.5) is 0 Å². The van der Waals surface area contributed by atoms with Gasteiger partial charge in [0, 0.05) is 6.54 Å². The minimum Gasteiger partial charge on any atom is -0.480 e. The van der Waals surface area contributed by atoms with E-state index in [9.17, 15) is 14.7 Å². The lowest BCUT2D eigenvalue weighted by Crippen LogP contribution is -2.60.